The van der Waals surface area contributed by atoms with Gasteiger partial charge in [0.2, 0.25) is 0 Å². The number of fused-ring (bicyclic) bond motifs is 1. The number of halogens is 2. The van der Waals surface area contributed by atoms with E-state index in [0.29, 0.717) is 28.0 Å². The molecule has 2 aromatic carbocycles. The van der Waals surface area contributed by atoms with Gasteiger partial charge in [-0.1, -0.05) is 33.4 Å². The van der Waals surface area contributed by atoms with Gasteiger partial charge in [-0.15, -0.1) is 0 Å². The van der Waals surface area contributed by atoms with Crippen molar-refractivity contribution in [1.29, 1.82) is 0 Å². The maximum Gasteiger partial charge on any atom is 0.328 e. The van der Waals surface area contributed by atoms with E-state index in [1.165, 1.54) is 0 Å². The van der Waals surface area contributed by atoms with Crippen LogP contribution >= 0.6 is 0 Å². The molecule has 0 fully saturated rings. The number of nitrogens with one attached hydrogen (secondary N) is 1. The van der Waals surface area contributed by atoms with Crippen LogP contribution in [0, 0.1) is 0 Å². The van der Waals surface area contributed by atoms with Gasteiger partial charge in [-0.25, -0.2) is 13.6 Å². The van der Waals surface area contributed by atoms with Crippen molar-refractivity contribution in [3.8, 4) is 16.9 Å². The molecule has 3 aromatic rings. The van der Waals surface area contributed by atoms with Gasteiger partial charge < -0.3 is 14.8 Å². The Labute approximate surface area is 192 Å². The second kappa shape index (κ2) is 9.22. The summed E-state index contributed by atoms with van der Waals surface area (Å²) in [5.74, 6) is -0.659. The van der Waals surface area contributed by atoms with Crippen molar-refractivity contribution in [1.82, 2.24) is 4.98 Å². The van der Waals surface area contributed by atoms with E-state index in [2.05, 4.69) is 32.3 Å². The number of carbonyl (C=O) groups is 1. The van der Waals surface area contributed by atoms with Crippen LogP contribution < -0.4 is 4.74 Å². The van der Waals surface area contributed by atoms with Gasteiger partial charge in [-0.3, -0.25) is 0 Å². The third kappa shape index (κ3) is 5.33. The second-order valence-corrected chi connectivity index (χ2v) is 9.26. The van der Waals surface area contributed by atoms with E-state index in [-0.39, 0.29) is 5.41 Å². The Morgan fingerprint density at radius 3 is 2.45 bits per heavy atom. The maximum absolute atomic E-state index is 13.1. The van der Waals surface area contributed by atoms with Crippen LogP contribution in [-0.4, -0.2) is 29.1 Å². The number of aromatic amines is 1. The standard InChI is InChI=1S/C27H29F2NO3/c1-15(2)19-11-18(27(4,5)6)12-21(26(19)33-14-24(28)29)22-13-30-23-8-7-17(10-20(22)23)16(3)9-25(31)32/h7-13,24,30H,1,14H2,2-6H3,(H,31,32)/b16-9+. The fourth-order valence-electron chi connectivity index (χ4n) is 3.74. The summed E-state index contributed by atoms with van der Waals surface area (Å²) in [7, 11) is 0. The lowest BCUT2D eigenvalue weighted by Crippen LogP contribution is -2.14. The van der Waals surface area contributed by atoms with Crippen LogP contribution in [0.3, 0.4) is 0 Å². The molecule has 33 heavy (non-hydrogen) atoms. The van der Waals surface area contributed by atoms with Crippen molar-refractivity contribution in [2.24, 2.45) is 0 Å². The second-order valence-electron chi connectivity index (χ2n) is 9.26. The predicted molar refractivity (Wildman–Crippen MR) is 130 cm³/mol. The number of rotatable bonds is 7. The van der Waals surface area contributed by atoms with Gasteiger partial charge in [-0.2, -0.15) is 0 Å². The Balaban J connectivity index is 2.32. The molecule has 4 nitrogen and oxygen atoms in total. The van der Waals surface area contributed by atoms with Crippen LogP contribution in [0.5, 0.6) is 5.75 Å². The maximum atomic E-state index is 13.1. The van der Waals surface area contributed by atoms with Crippen molar-refractivity contribution in [2.75, 3.05) is 6.61 Å². The molecule has 1 aromatic heterocycles. The average Bonchev–Trinajstić information content (AvgIpc) is 3.13. The molecule has 1 heterocycles. The number of benzene rings is 2. The number of hydrogen-bond acceptors (Lipinski definition) is 2. The zero-order valence-electron chi connectivity index (χ0n) is 19.6. The zero-order chi connectivity index (χ0) is 24.5. The molecule has 0 bridgehead atoms. The zero-order valence-corrected chi connectivity index (χ0v) is 19.6. The third-order valence-electron chi connectivity index (χ3n) is 5.54. The number of hydrogen-bond donors (Lipinski definition) is 2. The van der Waals surface area contributed by atoms with Gasteiger partial charge >= 0.3 is 5.97 Å². The Hall–Kier alpha value is -3.41. The van der Waals surface area contributed by atoms with E-state index in [4.69, 9.17) is 9.84 Å². The van der Waals surface area contributed by atoms with Gasteiger partial charge in [0.15, 0.2) is 0 Å². The molecule has 0 spiro atoms. The van der Waals surface area contributed by atoms with Gasteiger partial charge in [0.25, 0.3) is 6.43 Å². The lowest BCUT2D eigenvalue weighted by Gasteiger charge is -2.24. The van der Waals surface area contributed by atoms with E-state index in [1.54, 1.807) is 6.92 Å². The lowest BCUT2D eigenvalue weighted by molar-refractivity contribution is -0.131. The van der Waals surface area contributed by atoms with Gasteiger partial charge in [-0.05, 0) is 65.8 Å². The minimum Gasteiger partial charge on any atom is -0.486 e. The van der Waals surface area contributed by atoms with Gasteiger partial charge in [0.1, 0.15) is 12.4 Å². The Kier molecular flexibility index (Phi) is 6.77. The summed E-state index contributed by atoms with van der Waals surface area (Å²) in [5.41, 5.74) is 5.90. The molecule has 0 radical (unpaired) electrons. The molecule has 2 N–H and O–H groups in total. The molecule has 0 saturated heterocycles. The van der Waals surface area contributed by atoms with Crippen LogP contribution in [0.15, 0.2) is 49.2 Å². The monoisotopic (exact) mass is 453 g/mol. The Morgan fingerprint density at radius 1 is 1.18 bits per heavy atom. The SMILES string of the molecule is C=C(C)c1cc(C(C)(C)C)cc(-c2c[nH]c3ccc(/C(C)=C/C(=O)O)cc23)c1OCC(F)F. The number of ether oxygens (including phenoxy) is 1. The molecular formula is C27H29F2NO3. The highest BCUT2D eigenvalue weighted by Gasteiger charge is 2.23. The smallest absolute Gasteiger partial charge is 0.328 e. The van der Waals surface area contributed by atoms with E-state index >= 15 is 0 Å². The van der Waals surface area contributed by atoms with Crippen molar-refractivity contribution >= 4 is 28.0 Å². The fraction of sp³-hybridized carbons (Fsp3) is 0.296. The Morgan fingerprint density at radius 2 is 1.88 bits per heavy atom. The Bertz CT molecular complexity index is 1250. The molecule has 3 rings (SSSR count). The molecule has 0 atom stereocenters. The van der Waals surface area contributed by atoms with E-state index in [0.717, 1.165) is 33.7 Å². The number of aromatic nitrogens is 1. The third-order valence-corrected chi connectivity index (χ3v) is 5.54. The van der Waals surface area contributed by atoms with Gasteiger partial charge in [0, 0.05) is 39.9 Å². The predicted octanol–water partition coefficient (Wildman–Crippen LogP) is 7.30. The summed E-state index contributed by atoms with van der Waals surface area (Å²) in [4.78, 5) is 14.4. The first-order valence-electron chi connectivity index (χ1n) is 10.7. The van der Waals surface area contributed by atoms with Crippen LogP contribution in [0.4, 0.5) is 8.78 Å². The highest BCUT2D eigenvalue weighted by molar-refractivity contribution is 6.00. The lowest BCUT2D eigenvalue weighted by atomic mass is 9.82. The topological polar surface area (TPSA) is 62.3 Å². The molecule has 0 unspecified atom stereocenters. The van der Waals surface area contributed by atoms with Crippen molar-refractivity contribution in [3.63, 3.8) is 0 Å². The largest absolute Gasteiger partial charge is 0.486 e. The molecule has 0 amide bonds. The minimum atomic E-state index is -2.61. The number of aliphatic carboxylic acids is 1. The molecule has 0 aliphatic carbocycles. The van der Waals surface area contributed by atoms with Crippen LogP contribution in [0.1, 0.15) is 51.3 Å². The highest BCUT2D eigenvalue weighted by Crippen LogP contribution is 2.43. The van der Waals surface area contributed by atoms with Crippen LogP contribution in [0.25, 0.3) is 33.2 Å². The normalized spacial score (nSPS) is 12.4. The van der Waals surface area contributed by atoms with Crippen molar-refractivity contribution in [3.05, 3.63) is 65.9 Å². The van der Waals surface area contributed by atoms with Crippen LogP contribution in [0.2, 0.25) is 0 Å². The van der Waals surface area contributed by atoms with Crippen molar-refractivity contribution in [2.45, 2.75) is 46.5 Å². The summed E-state index contributed by atoms with van der Waals surface area (Å²) in [6.07, 6.45) is 0.366. The fourth-order valence-corrected chi connectivity index (χ4v) is 3.74. The molecule has 0 aliphatic rings. The average molecular weight is 454 g/mol. The summed E-state index contributed by atoms with van der Waals surface area (Å²) in [5, 5.41) is 9.95. The summed E-state index contributed by atoms with van der Waals surface area (Å²) < 4.78 is 31.8. The first kappa shape index (κ1) is 24.2. The molecule has 174 valence electrons. The highest BCUT2D eigenvalue weighted by atomic mass is 19.3. The van der Waals surface area contributed by atoms with E-state index < -0.39 is 19.0 Å². The van der Waals surface area contributed by atoms with Crippen molar-refractivity contribution < 1.29 is 23.4 Å². The first-order chi connectivity index (χ1) is 15.4. The first-order valence-corrected chi connectivity index (χ1v) is 10.7. The summed E-state index contributed by atoms with van der Waals surface area (Å²) >= 11 is 0. The van der Waals surface area contributed by atoms with Gasteiger partial charge in [0.05, 0.1) is 0 Å². The number of allylic oxidation sites excluding steroid dienone is 2. The summed E-state index contributed by atoms with van der Waals surface area (Å²) in [6, 6.07) is 9.54. The molecule has 6 heteroatoms. The summed E-state index contributed by atoms with van der Waals surface area (Å²) in [6.45, 7) is 13.1. The number of carboxylic acids is 1. The minimum absolute atomic E-state index is 0.196. The number of alkyl halides is 2. The quantitative estimate of drug-likeness (QED) is 0.369. The number of H-pyrrole nitrogens is 1. The van der Waals surface area contributed by atoms with Crippen LogP contribution in [-0.2, 0) is 10.2 Å². The van der Waals surface area contributed by atoms with E-state index in [9.17, 15) is 13.6 Å². The number of carboxylic acid groups (broad SMARTS) is 1. The molecule has 0 aliphatic heterocycles. The molecule has 0 saturated carbocycles. The van der Waals surface area contributed by atoms with E-state index in [1.807, 2.05) is 43.5 Å². The molecular weight excluding hydrogens is 424 g/mol.